The van der Waals surface area contributed by atoms with Crippen LogP contribution < -0.4 is 0 Å². The Balaban J connectivity index is 1.54. The lowest BCUT2D eigenvalue weighted by atomic mass is 10.1. The molecule has 1 aliphatic heterocycles. The molecule has 0 fully saturated rings. The third-order valence-electron chi connectivity index (χ3n) is 5.69. The number of fused-ring (bicyclic) bond motifs is 3. The molecule has 10 nitrogen and oxygen atoms in total. The van der Waals surface area contributed by atoms with E-state index in [1.165, 1.54) is 16.3 Å². The second-order valence-corrected chi connectivity index (χ2v) is 8.74. The summed E-state index contributed by atoms with van der Waals surface area (Å²) in [7, 11) is 1.60. The SMILES string of the molecule is Cn1c(-c2cc(Sc3ccc4c(c3)C(=O)n3c-4nc(C#N)c3C#N)ccc2C=O)nc(C#N)c1C#N. The van der Waals surface area contributed by atoms with Gasteiger partial charge in [-0.2, -0.15) is 21.0 Å². The molecule has 4 aromatic rings. The Morgan fingerprint density at radius 1 is 0.806 bits per heavy atom. The van der Waals surface area contributed by atoms with Gasteiger partial charge in [-0.15, -0.1) is 0 Å². The van der Waals surface area contributed by atoms with Crippen LogP contribution in [0.25, 0.3) is 22.8 Å². The van der Waals surface area contributed by atoms with Crippen LogP contribution in [0, 0.1) is 45.3 Å². The monoisotopic (exact) mass is 486 g/mol. The average molecular weight is 486 g/mol. The summed E-state index contributed by atoms with van der Waals surface area (Å²) in [6.45, 7) is 0. The van der Waals surface area contributed by atoms with E-state index in [9.17, 15) is 30.6 Å². The zero-order valence-electron chi connectivity index (χ0n) is 18.3. The lowest BCUT2D eigenvalue weighted by Gasteiger charge is -2.09. The number of hydrogen-bond donors (Lipinski definition) is 0. The van der Waals surface area contributed by atoms with E-state index in [2.05, 4.69) is 9.97 Å². The van der Waals surface area contributed by atoms with Crippen LogP contribution in [0.3, 0.4) is 0 Å². The molecule has 0 saturated carbocycles. The highest BCUT2D eigenvalue weighted by Crippen LogP contribution is 2.38. The Labute approximate surface area is 207 Å². The van der Waals surface area contributed by atoms with Crippen molar-refractivity contribution >= 4 is 24.0 Å². The van der Waals surface area contributed by atoms with Crippen molar-refractivity contribution in [1.29, 1.82) is 21.0 Å². The van der Waals surface area contributed by atoms with E-state index in [0.29, 0.717) is 39.3 Å². The molecule has 0 unspecified atom stereocenters. The van der Waals surface area contributed by atoms with E-state index < -0.39 is 5.91 Å². The summed E-state index contributed by atoms with van der Waals surface area (Å²) in [5.41, 5.74) is 1.55. The van der Waals surface area contributed by atoms with Crippen molar-refractivity contribution < 1.29 is 9.59 Å². The van der Waals surface area contributed by atoms with Gasteiger partial charge >= 0.3 is 0 Å². The maximum absolute atomic E-state index is 13.0. The van der Waals surface area contributed by atoms with E-state index in [4.69, 9.17) is 0 Å². The van der Waals surface area contributed by atoms with Crippen LogP contribution in [0.2, 0.25) is 0 Å². The summed E-state index contributed by atoms with van der Waals surface area (Å²) in [4.78, 5) is 34.5. The van der Waals surface area contributed by atoms with Gasteiger partial charge in [-0.1, -0.05) is 11.8 Å². The molecule has 0 N–H and O–H groups in total. The number of nitriles is 4. The van der Waals surface area contributed by atoms with Crippen LogP contribution in [0.1, 0.15) is 43.5 Å². The molecule has 0 bridgehead atoms. The van der Waals surface area contributed by atoms with Crippen molar-refractivity contribution in [3.8, 4) is 47.1 Å². The number of nitrogens with zero attached hydrogens (tertiary/aromatic N) is 8. The fourth-order valence-electron chi connectivity index (χ4n) is 4.04. The summed E-state index contributed by atoms with van der Waals surface area (Å²) in [6, 6.07) is 17.8. The minimum Gasteiger partial charge on any atom is -0.318 e. The largest absolute Gasteiger partial charge is 0.318 e. The first kappa shape index (κ1) is 22.3. The van der Waals surface area contributed by atoms with Crippen LogP contribution in [-0.4, -0.2) is 31.3 Å². The minimum absolute atomic E-state index is 0.0316. The van der Waals surface area contributed by atoms with Gasteiger partial charge < -0.3 is 4.57 Å². The fourth-order valence-corrected chi connectivity index (χ4v) is 4.93. The molecule has 0 aliphatic carbocycles. The highest BCUT2D eigenvalue weighted by molar-refractivity contribution is 7.99. The van der Waals surface area contributed by atoms with Gasteiger partial charge in [0.15, 0.2) is 34.9 Å². The third kappa shape index (κ3) is 3.17. The Bertz CT molecular complexity index is 1820. The highest BCUT2D eigenvalue weighted by Gasteiger charge is 2.33. The van der Waals surface area contributed by atoms with Gasteiger partial charge in [-0.3, -0.25) is 9.59 Å². The molecular weight excluding hydrogens is 476 g/mol. The first-order valence-electron chi connectivity index (χ1n) is 10.2. The first-order chi connectivity index (χ1) is 17.4. The van der Waals surface area contributed by atoms with Crippen molar-refractivity contribution in [2.75, 3.05) is 0 Å². The quantitative estimate of drug-likeness (QED) is 0.346. The summed E-state index contributed by atoms with van der Waals surface area (Å²) in [5, 5.41) is 37.3. The summed E-state index contributed by atoms with van der Waals surface area (Å²) in [6.07, 6.45) is 0.675. The molecule has 0 amide bonds. The Morgan fingerprint density at radius 2 is 1.42 bits per heavy atom. The van der Waals surface area contributed by atoms with Gasteiger partial charge in [0, 0.05) is 33.5 Å². The molecule has 0 atom stereocenters. The molecule has 0 radical (unpaired) electrons. The van der Waals surface area contributed by atoms with Gasteiger partial charge in [-0.05, 0) is 36.4 Å². The molecule has 2 aromatic heterocycles. The van der Waals surface area contributed by atoms with Gasteiger partial charge in [0.2, 0.25) is 0 Å². The maximum Gasteiger partial charge on any atom is 0.265 e. The number of rotatable bonds is 4. The van der Waals surface area contributed by atoms with Gasteiger partial charge in [0.25, 0.3) is 5.91 Å². The topological polar surface area (TPSA) is 165 Å². The molecule has 11 heteroatoms. The molecule has 2 aromatic carbocycles. The van der Waals surface area contributed by atoms with E-state index in [0.717, 1.165) is 9.46 Å². The van der Waals surface area contributed by atoms with Crippen molar-refractivity contribution in [2.24, 2.45) is 7.05 Å². The molecule has 168 valence electrons. The molecule has 5 rings (SSSR count). The van der Waals surface area contributed by atoms with Gasteiger partial charge in [0.1, 0.15) is 30.1 Å². The van der Waals surface area contributed by atoms with E-state index in [1.54, 1.807) is 43.4 Å². The number of hydrogen-bond acceptors (Lipinski definition) is 9. The van der Waals surface area contributed by atoms with Crippen molar-refractivity contribution in [3.05, 3.63) is 70.3 Å². The minimum atomic E-state index is -0.439. The Hall–Kier alpha value is -5.49. The number of benzene rings is 2. The molecule has 3 heterocycles. The second kappa shape index (κ2) is 8.38. The van der Waals surface area contributed by atoms with Gasteiger partial charge in [0.05, 0.1) is 5.56 Å². The first-order valence-corrected chi connectivity index (χ1v) is 11.0. The summed E-state index contributed by atoms with van der Waals surface area (Å²) >= 11 is 1.33. The van der Waals surface area contributed by atoms with E-state index >= 15 is 0 Å². The summed E-state index contributed by atoms with van der Waals surface area (Å²) in [5.74, 6) is 0.124. The zero-order valence-corrected chi connectivity index (χ0v) is 19.2. The van der Waals surface area contributed by atoms with Crippen LogP contribution in [0.4, 0.5) is 0 Å². The lowest BCUT2D eigenvalue weighted by molar-refractivity contribution is 0.0967. The number of imidazole rings is 2. The lowest BCUT2D eigenvalue weighted by Crippen LogP contribution is -2.08. The molecule has 1 aliphatic rings. The van der Waals surface area contributed by atoms with E-state index in [-0.39, 0.29) is 28.6 Å². The summed E-state index contributed by atoms with van der Waals surface area (Å²) < 4.78 is 2.61. The van der Waals surface area contributed by atoms with Crippen LogP contribution in [0.5, 0.6) is 0 Å². The van der Waals surface area contributed by atoms with Gasteiger partial charge in [-0.25, -0.2) is 14.5 Å². The molecule has 0 saturated heterocycles. The predicted molar refractivity (Wildman–Crippen MR) is 124 cm³/mol. The number of carbonyl (C=O) groups excluding carboxylic acids is 2. The third-order valence-corrected chi connectivity index (χ3v) is 6.67. The van der Waals surface area contributed by atoms with Crippen LogP contribution in [-0.2, 0) is 7.05 Å². The normalized spacial score (nSPS) is 11.1. The second-order valence-electron chi connectivity index (χ2n) is 7.59. The van der Waals surface area contributed by atoms with Crippen LogP contribution in [0.15, 0.2) is 46.2 Å². The smallest absolute Gasteiger partial charge is 0.265 e. The number of aromatic nitrogens is 4. The molecular formula is C25H10N8O2S. The van der Waals surface area contributed by atoms with Crippen molar-refractivity contribution in [1.82, 2.24) is 19.1 Å². The highest BCUT2D eigenvalue weighted by atomic mass is 32.2. The predicted octanol–water partition coefficient (Wildman–Crippen LogP) is 3.40. The molecule has 36 heavy (non-hydrogen) atoms. The standard InChI is InChI=1S/C25H10N8O2S/c1-32-21(10-28)19(8-26)30-23(32)17-6-14(3-2-13(17)12-34)36-15-4-5-16-18(7-15)25(35)33-22(11-29)20(9-27)31-24(16)33/h2-7,12H,1H3. The average Bonchev–Trinajstić information content (AvgIpc) is 3.52. The van der Waals surface area contributed by atoms with Crippen molar-refractivity contribution in [2.45, 2.75) is 9.79 Å². The number of aldehydes is 1. The van der Waals surface area contributed by atoms with Crippen LogP contribution >= 0.6 is 11.8 Å². The number of carbonyl (C=O) groups is 2. The van der Waals surface area contributed by atoms with E-state index in [1.807, 2.05) is 24.3 Å². The Kier molecular flexibility index (Phi) is 5.19. The zero-order chi connectivity index (χ0) is 25.6. The fraction of sp³-hybridized carbons (Fsp3) is 0.0400. The maximum atomic E-state index is 13.0. The Morgan fingerprint density at radius 3 is 2.03 bits per heavy atom. The van der Waals surface area contributed by atoms with Crippen molar-refractivity contribution in [3.63, 3.8) is 0 Å². The molecule has 0 spiro atoms.